The highest BCUT2D eigenvalue weighted by atomic mass is 19.4. The molecular weight excluding hydrogens is 271 g/mol. The van der Waals surface area contributed by atoms with E-state index in [0.29, 0.717) is 12.2 Å². The number of nitrogens with two attached hydrogens (primary N) is 1. The molecule has 0 saturated carbocycles. The second kappa shape index (κ2) is 5.62. The molecule has 1 heterocycles. The van der Waals surface area contributed by atoms with Gasteiger partial charge < -0.3 is 10.3 Å². The summed E-state index contributed by atoms with van der Waals surface area (Å²) in [5.41, 5.74) is 5.30. The normalized spacial score (nSPS) is 13.4. The van der Waals surface area contributed by atoms with E-state index in [2.05, 4.69) is 10.1 Å². The van der Waals surface area contributed by atoms with Crippen LogP contribution in [0.4, 0.5) is 13.2 Å². The molecular formula is C13H14F3N3O. The Hall–Kier alpha value is -1.89. The van der Waals surface area contributed by atoms with Gasteiger partial charge in [-0.25, -0.2) is 0 Å². The van der Waals surface area contributed by atoms with Gasteiger partial charge in [-0.3, -0.25) is 0 Å². The van der Waals surface area contributed by atoms with E-state index in [-0.39, 0.29) is 17.5 Å². The van der Waals surface area contributed by atoms with Crippen molar-refractivity contribution in [3.8, 4) is 11.5 Å². The summed E-state index contributed by atoms with van der Waals surface area (Å²) in [7, 11) is 0. The number of aromatic nitrogens is 2. The van der Waals surface area contributed by atoms with Crippen LogP contribution in [0.25, 0.3) is 11.5 Å². The Morgan fingerprint density at radius 1 is 1.35 bits per heavy atom. The van der Waals surface area contributed by atoms with Crippen LogP contribution < -0.4 is 5.73 Å². The lowest BCUT2D eigenvalue weighted by Gasteiger charge is -2.06. The first kappa shape index (κ1) is 14.5. The molecule has 0 fully saturated rings. The molecule has 108 valence electrons. The minimum absolute atomic E-state index is 0.0395. The zero-order valence-corrected chi connectivity index (χ0v) is 10.8. The summed E-state index contributed by atoms with van der Waals surface area (Å²) in [6.07, 6.45) is -2.87. The highest BCUT2D eigenvalue weighted by Gasteiger charge is 2.31. The summed E-state index contributed by atoms with van der Waals surface area (Å²) in [5.74, 6) is 0.344. The second-order valence-corrected chi connectivity index (χ2v) is 4.43. The molecule has 2 N–H and O–H groups in total. The molecule has 0 aliphatic rings. The summed E-state index contributed by atoms with van der Waals surface area (Å²) in [5, 5.41) is 3.71. The predicted molar refractivity (Wildman–Crippen MR) is 66.6 cm³/mol. The maximum Gasteiger partial charge on any atom is 0.416 e. The molecule has 7 heteroatoms. The molecule has 1 atom stereocenters. The maximum absolute atomic E-state index is 12.6. The SMILES string of the molecule is CCCC(N)c1noc(-c2cccc(C(F)(F)F)c2)n1. The van der Waals surface area contributed by atoms with E-state index >= 15 is 0 Å². The third-order valence-corrected chi connectivity index (χ3v) is 2.81. The molecule has 0 amide bonds. The van der Waals surface area contributed by atoms with E-state index in [1.54, 1.807) is 0 Å². The van der Waals surface area contributed by atoms with Crippen LogP contribution in [0.3, 0.4) is 0 Å². The zero-order chi connectivity index (χ0) is 14.8. The van der Waals surface area contributed by atoms with Gasteiger partial charge in [0, 0.05) is 5.56 Å². The van der Waals surface area contributed by atoms with Crippen molar-refractivity contribution in [2.24, 2.45) is 5.73 Å². The first-order valence-corrected chi connectivity index (χ1v) is 6.18. The molecule has 1 aromatic carbocycles. The van der Waals surface area contributed by atoms with E-state index in [1.807, 2.05) is 6.92 Å². The fourth-order valence-corrected chi connectivity index (χ4v) is 1.77. The zero-order valence-electron chi connectivity index (χ0n) is 10.8. The summed E-state index contributed by atoms with van der Waals surface area (Å²) in [6.45, 7) is 1.97. The monoisotopic (exact) mass is 285 g/mol. The molecule has 0 aliphatic carbocycles. The summed E-state index contributed by atoms with van der Waals surface area (Å²) in [6, 6.07) is 4.38. The largest absolute Gasteiger partial charge is 0.416 e. The smallest absolute Gasteiger partial charge is 0.334 e. The lowest BCUT2D eigenvalue weighted by Crippen LogP contribution is -2.11. The third-order valence-electron chi connectivity index (χ3n) is 2.81. The van der Waals surface area contributed by atoms with Gasteiger partial charge in [0.05, 0.1) is 11.6 Å². The van der Waals surface area contributed by atoms with Crippen molar-refractivity contribution >= 4 is 0 Å². The Morgan fingerprint density at radius 3 is 2.75 bits per heavy atom. The number of nitrogens with zero attached hydrogens (tertiary/aromatic N) is 2. The average Bonchev–Trinajstić information content (AvgIpc) is 2.88. The molecule has 0 aliphatic heterocycles. The molecule has 0 bridgehead atoms. The van der Waals surface area contributed by atoms with E-state index in [4.69, 9.17) is 10.3 Å². The van der Waals surface area contributed by atoms with Crippen molar-refractivity contribution in [2.75, 3.05) is 0 Å². The van der Waals surface area contributed by atoms with Gasteiger partial charge in [-0.1, -0.05) is 24.6 Å². The van der Waals surface area contributed by atoms with E-state index in [1.165, 1.54) is 12.1 Å². The van der Waals surface area contributed by atoms with Crippen molar-refractivity contribution in [2.45, 2.75) is 32.0 Å². The Morgan fingerprint density at radius 2 is 2.10 bits per heavy atom. The van der Waals surface area contributed by atoms with Gasteiger partial charge in [-0.05, 0) is 24.6 Å². The van der Waals surface area contributed by atoms with Gasteiger partial charge in [0.1, 0.15) is 0 Å². The molecule has 0 saturated heterocycles. The van der Waals surface area contributed by atoms with Crippen LogP contribution in [-0.2, 0) is 6.18 Å². The Bertz CT molecular complexity index is 580. The van der Waals surface area contributed by atoms with Crippen LogP contribution in [0, 0.1) is 0 Å². The number of halogens is 3. The van der Waals surface area contributed by atoms with Crippen molar-refractivity contribution < 1.29 is 17.7 Å². The van der Waals surface area contributed by atoms with Crippen molar-refractivity contribution in [3.05, 3.63) is 35.7 Å². The van der Waals surface area contributed by atoms with Crippen LogP contribution in [0.2, 0.25) is 0 Å². The van der Waals surface area contributed by atoms with Gasteiger partial charge in [0.15, 0.2) is 5.82 Å². The summed E-state index contributed by atoms with van der Waals surface area (Å²) >= 11 is 0. The fourth-order valence-electron chi connectivity index (χ4n) is 1.77. The van der Waals surface area contributed by atoms with Crippen LogP contribution in [0.5, 0.6) is 0 Å². The van der Waals surface area contributed by atoms with Gasteiger partial charge in [0.25, 0.3) is 5.89 Å². The minimum Gasteiger partial charge on any atom is -0.334 e. The Kier molecular flexibility index (Phi) is 4.08. The molecule has 1 unspecified atom stereocenters. The Labute approximate surface area is 113 Å². The van der Waals surface area contributed by atoms with Gasteiger partial charge in [-0.15, -0.1) is 0 Å². The number of benzene rings is 1. The molecule has 20 heavy (non-hydrogen) atoms. The summed E-state index contributed by atoms with van der Waals surface area (Å²) in [4.78, 5) is 4.05. The average molecular weight is 285 g/mol. The molecule has 0 radical (unpaired) electrons. The first-order valence-electron chi connectivity index (χ1n) is 6.18. The molecule has 0 spiro atoms. The van der Waals surface area contributed by atoms with Gasteiger partial charge in [0.2, 0.25) is 0 Å². The van der Waals surface area contributed by atoms with Crippen molar-refractivity contribution in [3.63, 3.8) is 0 Å². The van der Waals surface area contributed by atoms with Gasteiger partial charge in [-0.2, -0.15) is 18.2 Å². The Balaban J connectivity index is 2.28. The molecule has 4 nitrogen and oxygen atoms in total. The highest BCUT2D eigenvalue weighted by Crippen LogP contribution is 2.31. The van der Waals surface area contributed by atoms with E-state index < -0.39 is 11.7 Å². The molecule has 2 aromatic rings. The topological polar surface area (TPSA) is 64.9 Å². The lowest BCUT2D eigenvalue weighted by molar-refractivity contribution is -0.137. The predicted octanol–water partition coefficient (Wildman–Crippen LogP) is 3.56. The standard InChI is InChI=1S/C13H14F3N3O/c1-2-4-10(17)11-18-12(20-19-11)8-5-3-6-9(7-8)13(14,15)16/h3,5-7,10H,2,4,17H2,1H3. The van der Waals surface area contributed by atoms with Crippen LogP contribution in [0.15, 0.2) is 28.8 Å². The van der Waals surface area contributed by atoms with E-state index in [9.17, 15) is 13.2 Å². The van der Waals surface area contributed by atoms with Crippen molar-refractivity contribution in [1.82, 2.24) is 10.1 Å². The fraction of sp³-hybridized carbons (Fsp3) is 0.385. The van der Waals surface area contributed by atoms with Gasteiger partial charge >= 0.3 is 6.18 Å². The summed E-state index contributed by atoms with van der Waals surface area (Å²) < 4.78 is 42.9. The first-order chi connectivity index (χ1) is 9.41. The highest BCUT2D eigenvalue weighted by molar-refractivity contribution is 5.54. The quantitative estimate of drug-likeness (QED) is 0.932. The number of hydrogen-bond donors (Lipinski definition) is 1. The number of hydrogen-bond acceptors (Lipinski definition) is 4. The third kappa shape index (κ3) is 3.16. The lowest BCUT2D eigenvalue weighted by atomic mass is 10.1. The number of rotatable bonds is 4. The minimum atomic E-state index is -4.41. The number of alkyl halides is 3. The van der Waals surface area contributed by atoms with Crippen LogP contribution >= 0.6 is 0 Å². The van der Waals surface area contributed by atoms with Crippen LogP contribution in [0.1, 0.15) is 37.2 Å². The van der Waals surface area contributed by atoms with Crippen molar-refractivity contribution in [1.29, 1.82) is 0 Å². The molecule has 2 rings (SSSR count). The maximum atomic E-state index is 12.6. The van der Waals surface area contributed by atoms with Crippen LogP contribution in [-0.4, -0.2) is 10.1 Å². The molecule has 1 aromatic heterocycles. The van der Waals surface area contributed by atoms with E-state index in [0.717, 1.165) is 18.6 Å². The second-order valence-electron chi connectivity index (χ2n) is 4.43.